The lowest BCUT2D eigenvalue weighted by atomic mass is 10.2. The summed E-state index contributed by atoms with van der Waals surface area (Å²) < 4.78 is 32.4. The molecule has 1 heterocycles. The van der Waals surface area contributed by atoms with Gasteiger partial charge in [0.25, 0.3) is 5.91 Å². The summed E-state index contributed by atoms with van der Waals surface area (Å²) in [5, 5.41) is 3.99. The first-order chi connectivity index (χ1) is 14.9. The molecule has 0 bridgehead atoms. The lowest BCUT2D eigenvalue weighted by Gasteiger charge is -2.33. The fourth-order valence-electron chi connectivity index (χ4n) is 3.22. The molecule has 1 fully saturated rings. The SMILES string of the molecule is CCOc1ccc(C=NNC(=O)CN2CCN(S(=O)(=O)c3ccc(C)cc3)CC2)cc1. The normalized spacial score (nSPS) is 15.8. The molecule has 0 radical (unpaired) electrons. The predicted octanol–water partition coefficient (Wildman–Crippen LogP) is 1.85. The minimum Gasteiger partial charge on any atom is -0.494 e. The quantitative estimate of drug-likeness (QED) is 0.496. The van der Waals surface area contributed by atoms with Gasteiger partial charge in [-0.15, -0.1) is 0 Å². The second-order valence-corrected chi connectivity index (χ2v) is 9.23. The molecule has 1 N–H and O–H groups in total. The summed E-state index contributed by atoms with van der Waals surface area (Å²) in [6, 6.07) is 14.2. The molecule has 0 aromatic heterocycles. The highest BCUT2D eigenvalue weighted by atomic mass is 32.2. The molecule has 1 aliphatic heterocycles. The molecule has 1 saturated heterocycles. The number of hydrogen-bond acceptors (Lipinski definition) is 6. The van der Waals surface area contributed by atoms with Crippen molar-refractivity contribution >= 4 is 22.1 Å². The average Bonchev–Trinajstić information content (AvgIpc) is 2.76. The molecule has 2 aromatic rings. The summed E-state index contributed by atoms with van der Waals surface area (Å²) >= 11 is 0. The molecule has 0 spiro atoms. The number of sulfonamides is 1. The van der Waals surface area contributed by atoms with Crippen LogP contribution < -0.4 is 10.2 Å². The van der Waals surface area contributed by atoms with Crippen LogP contribution in [0, 0.1) is 6.92 Å². The monoisotopic (exact) mass is 444 g/mol. The van der Waals surface area contributed by atoms with Crippen LogP contribution in [0.5, 0.6) is 5.75 Å². The fraction of sp³-hybridized carbons (Fsp3) is 0.364. The highest BCUT2D eigenvalue weighted by Crippen LogP contribution is 2.18. The second-order valence-electron chi connectivity index (χ2n) is 7.29. The first-order valence-electron chi connectivity index (χ1n) is 10.2. The minimum absolute atomic E-state index is 0.166. The molecule has 9 heteroatoms. The Morgan fingerprint density at radius 3 is 2.32 bits per heavy atom. The third-order valence-electron chi connectivity index (χ3n) is 4.95. The zero-order chi connectivity index (χ0) is 22.3. The maximum atomic E-state index is 12.8. The molecule has 8 nitrogen and oxygen atoms in total. The van der Waals surface area contributed by atoms with Crippen molar-refractivity contribution in [2.45, 2.75) is 18.7 Å². The molecular formula is C22H28N4O4S. The number of nitrogens with one attached hydrogen (secondary N) is 1. The van der Waals surface area contributed by atoms with Crippen LogP contribution >= 0.6 is 0 Å². The van der Waals surface area contributed by atoms with Gasteiger partial charge < -0.3 is 4.74 Å². The Balaban J connectivity index is 1.45. The Kier molecular flexibility index (Phi) is 7.78. The highest BCUT2D eigenvalue weighted by molar-refractivity contribution is 7.89. The van der Waals surface area contributed by atoms with Crippen LogP contribution in [0.25, 0.3) is 0 Å². The van der Waals surface area contributed by atoms with Gasteiger partial charge in [-0.1, -0.05) is 17.7 Å². The number of carbonyl (C=O) groups excluding carboxylic acids is 1. The van der Waals surface area contributed by atoms with Gasteiger partial charge in [-0.3, -0.25) is 9.69 Å². The maximum absolute atomic E-state index is 12.8. The van der Waals surface area contributed by atoms with E-state index in [0.29, 0.717) is 37.7 Å². The van der Waals surface area contributed by atoms with E-state index in [1.165, 1.54) is 4.31 Å². The summed E-state index contributed by atoms with van der Waals surface area (Å²) in [7, 11) is -3.51. The van der Waals surface area contributed by atoms with E-state index < -0.39 is 10.0 Å². The summed E-state index contributed by atoms with van der Waals surface area (Å²) in [5.74, 6) is 0.546. The molecule has 3 rings (SSSR count). The number of ether oxygens (including phenoxy) is 1. The van der Waals surface area contributed by atoms with Gasteiger partial charge >= 0.3 is 0 Å². The Morgan fingerprint density at radius 2 is 1.71 bits per heavy atom. The smallest absolute Gasteiger partial charge is 0.254 e. The van der Waals surface area contributed by atoms with Crippen molar-refractivity contribution in [1.29, 1.82) is 0 Å². The Hall–Kier alpha value is -2.75. The third-order valence-corrected chi connectivity index (χ3v) is 6.86. The lowest BCUT2D eigenvalue weighted by molar-refractivity contribution is -0.122. The van der Waals surface area contributed by atoms with Crippen molar-refractivity contribution < 1.29 is 17.9 Å². The molecule has 0 atom stereocenters. The summed E-state index contributed by atoms with van der Waals surface area (Å²) in [6.45, 7) is 6.28. The molecule has 0 aliphatic carbocycles. The van der Waals surface area contributed by atoms with Crippen molar-refractivity contribution in [1.82, 2.24) is 14.6 Å². The maximum Gasteiger partial charge on any atom is 0.254 e. The number of nitrogens with zero attached hydrogens (tertiary/aromatic N) is 3. The van der Waals surface area contributed by atoms with E-state index in [2.05, 4.69) is 10.5 Å². The van der Waals surface area contributed by atoms with E-state index in [-0.39, 0.29) is 12.5 Å². The second kappa shape index (κ2) is 10.5. The minimum atomic E-state index is -3.51. The average molecular weight is 445 g/mol. The Bertz CT molecular complexity index is 997. The zero-order valence-electron chi connectivity index (χ0n) is 17.8. The summed E-state index contributed by atoms with van der Waals surface area (Å²) in [6.07, 6.45) is 1.57. The number of rotatable bonds is 8. The zero-order valence-corrected chi connectivity index (χ0v) is 18.6. The molecule has 1 aliphatic rings. The topological polar surface area (TPSA) is 91.3 Å². The van der Waals surface area contributed by atoms with Gasteiger partial charge in [0, 0.05) is 26.2 Å². The van der Waals surface area contributed by atoms with Gasteiger partial charge in [-0.25, -0.2) is 13.8 Å². The van der Waals surface area contributed by atoms with Crippen LogP contribution in [0.1, 0.15) is 18.1 Å². The fourth-order valence-corrected chi connectivity index (χ4v) is 4.64. The van der Waals surface area contributed by atoms with Gasteiger partial charge in [0.1, 0.15) is 5.75 Å². The molecule has 31 heavy (non-hydrogen) atoms. The van der Waals surface area contributed by atoms with E-state index in [1.807, 2.05) is 43.0 Å². The van der Waals surface area contributed by atoms with Crippen molar-refractivity contribution in [3.63, 3.8) is 0 Å². The van der Waals surface area contributed by atoms with Gasteiger partial charge in [0.05, 0.1) is 24.3 Å². The number of benzene rings is 2. The van der Waals surface area contributed by atoms with Crippen LogP contribution in [0.4, 0.5) is 0 Å². The Labute approximate surface area is 183 Å². The molecular weight excluding hydrogens is 416 g/mol. The number of piperazine rings is 1. The van der Waals surface area contributed by atoms with Crippen LogP contribution in [-0.2, 0) is 14.8 Å². The van der Waals surface area contributed by atoms with Crippen LogP contribution in [0.3, 0.4) is 0 Å². The lowest BCUT2D eigenvalue weighted by Crippen LogP contribution is -2.50. The van der Waals surface area contributed by atoms with E-state index in [1.54, 1.807) is 30.5 Å². The summed E-state index contributed by atoms with van der Waals surface area (Å²) in [5.41, 5.74) is 4.38. The van der Waals surface area contributed by atoms with Crippen LogP contribution in [-0.4, -0.2) is 69.1 Å². The largest absolute Gasteiger partial charge is 0.494 e. The van der Waals surface area contributed by atoms with Crippen molar-refractivity contribution in [2.75, 3.05) is 39.3 Å². The molecule has 2 aromatic carbocycles. The third kappa shape index (κ3) is 6.36. The van der Waals surface area contributed by atoms with Crippen molar-refractivity contribution in [3.05, 3.63) is 59.7 Å². The molecule has 0 saturated carbocycles. The first kappa shape index (κ1) is 22.9. The number of hydrogen-bond donors (Lipinski definition) is 1. The van der Waals surface area contributed by atoms with Crippen LogP contribution in [0.15, 0.2) is 58.5 Å². The van der Waals surface area contributed by atoms with Crippen molar-refractivity contribution in [3.8, 4) is 5.75 Å². The van der Waals surface area contributed by atoms with Gasteiger partial charge in [0.15, 0.2) is 0 Å². The molecule has 166 valence electrons. The molecule has 1 amide bonds. The standard InChI is InChI=1S/C22H28N4O4S/c1-3-30-20-8-6-19(7-9-20)16-23-24-22(27)17-25-12-14-26(15-13-25)31(28,29)21-10-4-18(2)5-11-21/h4-11,16H,3,12-15,17H2,1-2H3,(H,24,27). The van der Waals surface area contributed by atoms with E-state index >= 15 is 0 Å². The number of amides is 1. The van der Waals surface area contributed by atoms with E-state index in [4.69, 9.17) is 4.74 Å². The summed E-state index contributed by atoms with van der Waals surface area (Å²) in [4.78, 5) is 14.4. The Morgan fingerprint density at radius 1 is 1.06 bits per heavy atom. The number of carbonyl (C=O) groups is 1. The van der Waals surface area contributed by atoms with Gasteiger partial charge in [-0.05, 0) is 55.8 Å². The highest BCUT2D eigenvalue weighted by Gasteiger charge is 2.28. The van der Waals surface area contributed by atoms with Gasteiger partial charge in [0.2, 0.25) is 10.0 Å². The van der Waals surface area contributed by atoms with Gasteiger partial charge in [-0.2, -0.15) is 9.41 Å². The van der Waals surface area contributed by atoms with Crippen LogP contribution in [0.2, 0.25) is 0 Å². The van der Waals surface area contributed by atoms with E-state index in [0.717, 1.165) is 16.9 Å². The first-order valence-corrected chi connectivity index (χ1v) is 11.7. The predicted molar refractivity (Wildman–Crippen MR) is 120 cm³/mol. The van der Waals surface area contributed by atoms with E-state index in [9.17, 15) is 13.2 Å². The number of hydrazone groups is 1. The number of aryl methyl sites for hydroxylation is 1. The molecule has 0 unspecified atom stereocenters. The van der Waals surface area contributed by atoms with Crippen molar-refractivity contribution in [2.24, 2.45) is 5.10 Å².